The smallest absolute Gasteiger partial charge is 0.337 e. The SMILES string of the molecule is O=C(CCc1ccccc1)N(CCN1CCCCC1)Cc1ccc(C(F)(F)F)cc1. The van der Waals surface area contributed by atoms with Crippen molar-refractivity contribution >= 4 is 5.91 Å². The van der Waals surface area contributed by atoms with Crippen LogP contribution in [0.1, 0.15) is 42.4 Å². The van der Waals surface area contributed by atoms with Crippen LogP contribution in [0.15, 0.2) is 54.6 Å². The van der Waals surface area contributed by atoms with E-state index in [4.69, 9.17) is 0 Å². The number of halogens is 3. The Morgan fingerprint density at radius 2 is 1.57 bits per heavy atom. The van der Waals surface area contributed by atoms with E-state index in [0.717, 1.165) is 42.9 Å². The molecule has 30 heavy (non-hydrogen) atoms. The van der Waals surface area contributed by atoms with E-state index in [1.165, 1.54) is 31.4 Å². The molecule has 1 aliphatic rings. The number of hydrogen-bond donors (Lipinski definition) is 0. The number of carbonyl (C=O) groups excluding carboxylic acids is 1. The van der Waals surface area contributed by atoms with E-state index < -0.39 is 11.7 Å². The fourth-order valence-corrected chi connectivity index (χ4v) is 3.81. The molecule has 3 nitrogen and oxygen atoms in total. The minimum Gasteiger partial charge on any atom is -0.337 e. The zero-order valence-electron chi connectivity index (χ0n) is 17.2. The number of amides is 1. The number of carbonyl (C=O) groups is 1. The second-order valence-corrected chi connectivity index (χ2v) is 7.90. The molecule has 0 aromatic heterocycles. The van der Waals surface area contributed by atoms with Crippen molar-refractivity contribution in [1.82, 2.24) is 9.80 Å². The zero-order valence-corrected chi connectivity index (χ0v) is 17.2. The van der Waals surface area contributed by atoms with Crippen molar-refractivity contribution in [2.45, 2.75) is 44.8 Å². The van der Waals surface area contributed by atoms with Crippen LogP contribution in [0.3, 0.4) is 0 Å². The molecule has 1 saturated heterocycles. The summed E-state index contributed by atoms with van der Waals surface area (Å²) in [4.78, 5) is 17.1. The summed E-state index contributed by atoms with van der Waals surface area (Å²) in [5.41, 5.74) is 1.16. The van der Waals surface area contributed by atoms with E-state index in [2.05, 4.69) is 4.90 Å². The van der Waals surface area contributed by atoms with E-state index in [1.54, 1.807) is 4.90 Å². The normalized spacial score (nSPS) is 15.2. The lowest BCUT2D eigenvalue weighted by Crippen LogP contribution is -2.40. The molecule has 0 atom stereocenters. The van der Waals surface area contributed by atoms with Crippen LogP contribution >= 0.6 is 0 Å². The summed E-state index contributed by atoms with van der Waals surface area (Å²) in [5, 5.41) is 0. The van der Waals surface area contributed by atoms with Gasteiger partial charge in [0.25, 0.3) is 0 Å². The summed E-state index contributed by atoms with van der Waals surface area (Å²) in [7, 11) is 0. The number of hydrogen-bond acceptors (Lipinski definition) is 2. The summed E-state index contributed by atoms with van der Waals surface area (Å²) in [6.45, 7) is 3.82. The molecule has 1 fully saturated rings. The molecule has 162 valence electrons. The number of likely N-dealkylation sites (tertiary alicyclic amines) is 1. The molecule has 1 aliphatic heterocycles. The Labute approximate surface area is 176 Å². The minimum atomic E-state index is -4.35. The lowest BCUT2D eigenvalue weighted by molar-refractivity contribution is -0.137. The lowest BCUT2D eigenvalue weighted by Gasteiger charge is -2.30. The van der Waals surface area contributed by atoms with Crippen LogP contribution in [-0.2, 0) is 23.9 Å². The predicted molar refractivity (Wildman–Crippen MR) is 112 cm³/mol. The quantitative estimate of drug-likeness (QED) is 0.592. The number of benzene rings is 2. The van der Waals surface area contributed by atoms with Crippen LogP contribution < -0.4 is 0 Å². The second kappa shape index (κ2) is 10.6. The van der Waals surface area contributed by atoms with Crippen LogP contribution in [0.25, 0.3) is 0 Å². The van der Waals surface area contributed by atoms with Gasteiger partial charge in [-0.1, -0.05) is 48.9 Å². The highest BCUT2D eigenvalue weighted by atomic mass is 19.4. The molecule has 0 unspecified atom stereocenters. The van der Waals surface area contributed by atoms with Gasteiger partial charge in [0, 0.05) is 26.1 Å². The Balaban J connectivity index is 1.63. The Kier molecular flexibility index (Phi) is 7.91. The van der Waals surface area contributed by atoms with Crippen molar-refractivity contribution < 1.29 is 18.0 Å². The van der Waals surface area contributed by atoms with Crippen LogP contribution in [0.4, 0.5) is 13.2 Å². The zero-order chi connectivity index (χ0) is 21.4. The van der Waals surface area contributed by atoms with Gasteiger partial charge < -0.3 is 9.80 Å². The molecular weight excluding hydrogens is 389 g/mol. The highest BCUT2D eigenvalue weighted by Gasteiger charge is 2.30. The van der Waals surface area contributed by atoms with Gasteiger partial charge in [-0.3, -0.25) is 4.79 Å². The first-order chi connectivity index (χ1) is 14.4. The maximum atomic E-state index is 12.9. The first kappa shape index (κ1) is 22.3. The predicted octanol–water partition coefficient (Wildman–Crippen LogP) is 5.15. The Bertz CT molecular complexity index is 784. The summed E-state index contributed by atoms with van der Waals surface area (Å²) in [6, 6.07) is 15.0. The molecular formula is C24H29F3N2O. The number of piperidine rings is 1. The number of nitrogens with zero attached hydrogens (tertiary/aromatic N) is 2. The average molecular weight is 419 g/mol. The molecule has 3 rings (SSSR count). The van der Waals surface area contributed by atoms with Gasteiger partial charge in [0.15, 0.2) is 0 Å². The lowest BCUT2D eigenvalue weighted by atomic mass is 10.1. The Morgan fingerprint density at radius 3 is 2.20 bits per heavy atom. The molecule has 1 heterocycles. The average Bonchev–Trinajstić information content (AvgIpc) is 2.76. The van der Waals surface area contributed by atoms with Crippen molar-refractivity contribution in [1.29, 1.82) is 0 Å². The van der Waals surface area contributed by atoms with Gasteiger partial charge >= 0.3 is 6.18 Å². The van der Waals surface area contributed by atoms with E-state index in [-0.39, 0.29) is 5.91 Å². The highest BCUT2D eigenvalue weighted by Crippen LogP contribution is 2.29. The summed E-state index contributed by atoms with van der Waals surface area (Å²) >= 11 is 0. The summed E-state index contributed by atoms with van der Waals surface area (Å²) < 4.78 is 38.5. The molecule has 0 aliphatic carbocycles. The second-order valence-electron chi connectivity index (χ2n) is 7.90. The maximum Gasteiger partial charge on any atom is 0.416 e. The van der Waals surface area contributed by atoms with Gasteiger partial charge in [-0.05, 0) is 55.6 Å². The van der Waals surface area contributed by atoms with Gasteiger partial charge in [-0.15, -0.1) is 0 Å². The topological polar surface area (TPSA) is 23.6 Å². The van der Waals surface area contributed by atoms with E-state index in [1.807, 2.05) is 30.3 Å². The van der Waals surface area contributed by atoms with Crippen molar-refractivity contribution in [3.05, 3.63) is 71.3 Å². The summed E-state index contributed by atoms with van der Waals surface area (Å²) in [6.07, 6.45) is 0.318. The van der Waals surface area contributed by atoms with Crippen molar-refractivity contribution in [2.75, 3.05) is 26.2 Å². The molecule has 0 saturated carbocycles. The highest BCUT2D eigenvalue weighted by molar-refractivity contribution is 5.76. The fraction of sp³-hybridized carbons (Fsp3) is 0.458. The minimum absolute atomic E-state index is 0.0377. The molecule has 0 radical (unpaired) electrons. The van der Waals surface area contributed by atoms with Crippen LogP contribution in [-0.4, -0.2) is 41.9 Å². The molecule has 1 amide bonds. The monoisotopic (exact) mass is 418 g/mol. The van der Waals surface area contributed by atoms with E-state index in [9.17, 15) is 18.0 Å². The third-order valence-corrected chi connectivity index (χ3v) is 5.61. The van der Waals surface area contributed by atoms with Crippen LogP contribution in [0.2, 0.25) is 0 Å². The Hall–Kier alpha value is -2.34. The van der Waals surface area contributed by atoms with E-state index >= 15 is 0 Å². The number of rotatable bonds is 8. The van der Waals surface area contributed by atoms with Gasteiger partial charge in [0.2, 0.25) is 5.91 Å². The molecule has 6 heteroatoms. The van der Waals surface area contributed by atoms with Crippen molar-refractivity contribution in [3.63, 3.8) is 0 Å². The van der Waals surface area contributed by atoms with Crippen LogP contribution in [0, 0.1) is 0 Å². The van der Waals surface area contributed by atoms with Crippen molar-refractivity contribution in [2.24, 2.45) is 0 Å². The van der Waals surface area contributed by atoms with Gasteiger partial charge in [-0.2, -0.15) is 13.2 Å². The third-order valence-electron chi connectivity index (χ3n) is 5.61. The van der Waals surface area contributed by atoms with Gasteiger partial charge in [-0.25, -0.2) is 0 Å². The molecule has 0 spiro atoms. The maximum absolute atomic E-state index is 12.9. The van der Waals surface area contributed by atoms with E-state index in [0.29, 0.717) is 25.9 Å². The first-order valence-corrected chi connectivity index (χ1v) is 10.6. The molecule has 2 aromatic carbocycles. The first-order valence-electron chi connectivity index (χ1n) is 10.6. The molecule has 2 aromatic rings. The molecule has 0 N–H and O–H groups in total. The number of alkyl halides is 3. The van der Waals surface area contributed by atoms with Gasteiger partial charge in [0.1, 0.15) is 0 Å². The van der Waals surface area contributed by atoms with Crippen molar-refractivity contribution in [3.8, 4) is 0 Å². The van der Waals surface area contributed by atoms with Crippen LogP contribution in [0.5, 0.6) is 0 Å². The van der Waals surface area contributed by atoms with Gasteiger partial charge in [0.05, 0.1) is 5.56 Å². The largest absolute Gasteiger partial charge is 0.416 e. The third kappa shape index (κ3) is 6.87. The number of aryl methyl sites for hydroxylation is 1. The fourth-order valence-electron chi connectivity index (χ4n) is 3.81. The summed E-state index contributed by atoms with van der Waals surface area (Å²) in [5.74, 6) is 0.0377. The molecule has 0 bridgehead atoms. The standard InChI is InChI=1S/C24H29F3N2O/c25-24(26,27)22-12-9-21(10-13-22)19-29(18-17-28-15-5-2-6-16-28)23(30)14-11-20-7-3-1-4-8-20/h1,3-4,7-10,12-13H,2,5-6,11,14-19H2. The Morgan fingerprint density at radius 1 is 0.900 bits per heavy atom.